The van der Waals surface area contributed by atoms with Crippen LogP contribution >= 0.6 is 11.6 Å². The van der Waals surface area contributed by atoms with Crippen molar-refractivity contribution in [2.45, 2.75) is 32.4 Å². The fourth-order valence-electron chi connectivity index (χ4n) is 4.09. The highest BCUT2D eigenvalue weighted by molar-refractivity contribution is 6.33. The normalized spacial score (nSPS) is 14.9. The molecule has 9 heteroatoms. The lowest BCUT2D eigenvalue weighted by atomic mass is 10.0. The van der Waals surface area contributed by atoms with Crippen LogP contribution in [0.15, 0.2) is 40.9 Å². The summed E-state index contributed by atoms with van der Waals surface area (Å²) in [5, 5.41) is 7.06. The maximum Gasteiger partial charge on any atom is 0.257 e. The third-order valence-corrected chi connectivity index (χ3v) is 6.15. The van der Waals surface area contributed by atoms with E-state index >= 15 is 0 Å². The first-order chi connectivity index (χ1) is 15.9. The van der Waals surface area contributed by atoms with Gasteiger partial charge in [-0.2, -0.15) is 0 Å². The molecular formula is C24H24ClF2N3O3. The van der Waals surface area contributed by atoms with Gasteiger partial charge in [0.2, 0.25) is 0 Å². The van der Waals surface area contributed by atoms with E-state index in [2.05, 4.69) is 15.4 Å². The molecule has 174 valence electrons. The van der Waals surface area contributed by atoms with Crippen molar-refractivity contribution in [3.05, 3.63) is 69.9 Å². The van der Waals surface area contributed by atoms with Crippen molar-refractivity contribution in [2.75, 3.05) is 20.2 Å². The molecule has 0 saturated carbocycles. The van der Waals surface area contributed by atoms with Gasteiger partial charge < -0.3 is 14.6 Å². The number of carbonyl (C=O) groups excluding carboxylic acids is 1. The van der Waals surface area contributed by atoms with E-state index in [0.29, 0.717) is 12.3 Å². The van der Waals surface area contributed by atoms with Crippen LogP contribution in [0.25, 0.3) is 11.3 Å². The second kappa shape index (κ2) is 9.89. The molecular weight excluding hydrogens is 452 g/mol. The Labute approximate surface area is 195 Å². The number of rotatable bonds is 6. The summed E-state index contributed by atoms with van der Waals surface area (Å²) in [5.41, 5.74) is 1.18. The van der Waals surface area contributed by atoms with Crippen molar-refractivity contribution in [3.8, 4) is 17.0 Å². The molecule has 0 bridgehead atoms. The van der Waals surface area contributed by atoms with E-state index in [1.807, 2.05) is 6.07 Å². The first-order valence-corrected chi connectivity index (χ1v) is 11.0. The van der Waals surface area contributed by atoms with Crippen LogP contribution in [0.2, 0.25) is 5.02 Å². The van der Waals surface area contributed by atoms with Crippen LogP contribution < -0.4 is 10.1 Å². The Balaban J connectivity index is 1.39. The van der Waals surface area contributed by atoms with E-state index in [-0.39, 0.29) is 45.4 Å². The maximum absolute atomic E-state index is 14.4. The summed E-state index contributed by atoms with van der Waals surface area (Å²) in [4.78, 5) is 15.2. The molecule has 0 atom stereocenters. The highest BCUT2D eigenvalue weighted by Gasteiger charge is 2.28. The molecule has 1 aliphatic heterocycles. The molecule has 0 unspecified atom stereocenters. The van der Waals surface area contributed by atoms with Gasteiger partial charge in [0.15, 0.2) is 11.6 Å². The Morgan fingerprint density at radius 2 is 2.00 bits per heavy atom. The molecule has 4 rings (SSSR count). The molecule has 0 aliphatic carbocycles. The molecule has 6 nitrogen and oxygen atoms in total. The van der Waals surface area contributed by atoms with Crippen molar-refractivity contribution >= 4 is 17.5 Å². The largest absolute Gasteiger partial charge is 0.494 e. The third kappa shape index (κ3) is 5.02. The van der Waals surface area contributed by atoms with Gasteiger partial charge in [-0.1, -0.05) is 28.9 Å². The number of carbonyl (C=O) groups is 1. The van der Waals surface area contributed by atoms with Gasteiger partial charge in [0.25, 0.3) is 5.91 Å². The lowest BCUT2D eigenvalue weighted by Crippen LogP contribution is -2.44. The molecule has 3 aromatic rings. The molecule has 1 aliphatic rings. The van der Waals surface area contributed by atoms with Crippen LogP contribution in [-0.2, 0) is 6.54 Å². The Hall–Kier alpha value is -2.97. The van der Waals surface area contributed by atoms with Gasteiger partial charge in [-0.3, -0.25) is 9.69 Å². The van der Waals surface area contributed by atoms with E-state index in [9.17, 15) is 13.6 Å². The molecule has 33 heavy (non-hydrogen) atoms. The number of nitrogens with one attached hydrogen (secondary N) is 1. The lowest BCUT2D eigenvalue weighted by Gasteiger charge is -2.32. The number of hydrogen-bond donors (Lipinski definition) is 1. The average molecular weight is 476 g/mol. The zero-order valence-corrected chi connectivity index (χ0v) is 19.1. The zero-order valence-electron chi connectivity index (χ0n) is 18.3. The Morgan fingerprint density at radius 3 is 2.67 bits per heavy atom. The minimum Gasteiger partial charge on any atom is -0.494 e. The Bertz CT molecular complexity index is 1140. The molecule has 0 spiro atoms. The van der Waals surface area contributed by atoms with Gasteiger partial charge >= 0.3 is 0 Å². The molecule has 2 aromatic carbocycles. The SMILES string of the molecule is COc1ccc(CN2CCC(NC(=O)c3c(-c4c(F)cccc4Cl)noc3C)CC2)cc1F. The van der Waals surface area contributed by atoms with E-state index in [0.717, 1.165) is 31.5 Å². The van der Waals surface area contributed by atoms with Crippen LogP contribution in [-0.4, -0.2) is 42.2 Å². The Kier molecular flexibility index (Phi) is 6.95. The van der Waals surface area contributed by atoms with Crippen molar-refractivity contribution in [1.29, 1.82) is 0 Å². The van der Waals surface area contributed by atoms with Crippen LogP contribution in [0.4, 0.5) is 8.78 Å². The fourth-order valence-corrected chi connectivity index (χ4v) is 4.35. The first kappa shape index (κ1) is 23.2. The van der Waals surface area contributed by atoms with E-state index in [1.54, 1.807) is 13.0 Å². The van der Waals surface area contributed by atoms with Crippen molar-refractivity contribution in [2.24, 2.45) is 0 Å². The number of aromatic nitrogens is 1. The van der Waals surface area contributed by atoms with Gasteiger partial charge in [-0.05, 0) is 49.6 Å². The molecule has 1 saturated heterocycles. The summed E-state index contributed by atoms with van der Waals surface area (Å²) >= 11 is 6.16. The smallest absolute Gasteiger partial charge is 0.257 e. The number of amides is 1. The van der Waals surface area contributed by atoms with E-state index in [4.69, 9.17) is 20.9 Å². The van der Waals surface area contributed by atoms with Gasteiger partial charge in [-0.15, -0.1) is 0 Å². The molecule has 1 amide bonds. The molecule has 1 aromatic heterocycles. The number of hydrogen-bond acceptors (Lipinski definition) is 5. The third-order valence-electron chi connectivity index (χ3n) is 5.83. The van der Waals surface area contributed by atoms with Crippen molar-refractivity contribution in [3.63, 3.8) is 0 Å². The van der Waals surface area contributed by atoms with E-state index in [1.165, 1.54) is 31.4 Å². The highest BCUT2D eigenvalue weighted by Crippen LogP contribution is 2.33. The predicted octanol–water partition coefficient (Wildman–Crippen LogP) is 4.98. The van der Waals surface area contributed by atoms with Gasteiger partial charge in [0.1, 0.15) is 22.8 Å². The summed E-state index contributed by atoms with van der Waals surface area (Å²) in [6, 6.07) is 9.18. The zero-order chi connectivity index (χ0) is 23.5. The minimum atomic E-state index is -0.576. The van der Waals surface area contributed by atoms with Crippen LogP contribution in [0.5, 0.6) is 5.75 Å². The van der Waals surface area contributed by atoms with Gasteiger partial charge in [-0.25, -0.2) is 8.78 Å². The lowest BCUT2D eigenvalue weighted by molar-refractivity contribution is 0.0908. The topological polar surface area (TPSA) is 67.6 Å². The van der Waals surface area contributed by atoms with Crippen LogP contribution in [0.1, 0.15) is 34.5 Å². The highest BCUT2D eigenvalue weighted by atomic mass is 35.5. The monoisotopic (exact) mass is 475 g/mol. The molecule has 1 N–H and O–H groups in total. The number of benzene rings is 2. The molecule has 0 radical (unpaired) electrons. The number of ether oxygens (including phenoxy) is 1. The number of halogens is 3. The summed E-state index contributed by atoms with van der Waals surface area (Å²) in [5.74, 6) is -0.820. The molecule has 2 heterocycles. The average Bonchev–Trinajstić information content (AvgIpc) is 3.16. The van der Waals surface area contributed by atoms with Crippen molar-refractivity contribution in [1.82, 2.24) is 15.4 Å². The predicted molar refractivity (Wildman–Crippen MR) is 120 cm³/mol. The fraction of sp³-hybridized carbons (Fsp3) is 0.333. The summed E-state index contributed by atoms with van der Waals surface area (Å²) < 4.78 is 38.5. The quantitative estimate of drug-likeness (QED) is 0.544. The number of methoxy groups -OCH3 is 1. The van der Waals surface area contributed by atoms with Gasteiger partial charge in [0.05, 0.1) is 17.7 Å². The number of piperidine rings is 1. The maximum atomic E-state index is 14.4. The van der Waals surface area contributed by atoms with Crippen LogP contribution in [0, 0.1) is 18.6 Å². The summed E-state index contributed by atoms with van der Waals surface area (Å²) in [6.07, 6.45) is 1.45. The Morgan fingerprint density at radius 1 is 1.24 bits per heavy atom. The first-order valence-electron chi connectivity index (χ1n) is 10.6. The molecule has 1 fully saturated rings. The van der Waals surface area contributed by atoms with Crippen LogP contribution in [0.3, 0.4) is 0 Å². The number of nitrogens with zero attached hydrogens (tertiary/aromatic N) is 2. The minimum absolute atomic E-state index is 0.0442. The number of aryl methyl sites for hydroxylation is 1. The van der Waals surface area contributed by atoms with Gasteiger partial charge in [0, 0.05) is 25.7 Å². The summed E-state index contributed by atoms with van der Waals surface area (Å²) in [7, 11) is 1.44. The second-order valence-corrected chi connectivity index (χ2v) is 8.46. The standard InChI is InChI=1S/C24H24ClF2N3O3/c1-14-21(23(29-33-14)22-17(25)4-3-5-18(22)26)24(31)28-16-8-10-30(11-9-16)13-15-6-7-20(32-2)19(27)12-15/h3-7,12,16H,8-11,13H2,1-2H3,(H,28,31). The number of likely N-dealkylation sites (tertiary alicyclic amines) is 1. The van der Waals surface area contributed by atoms with Crippen molar-refractivity contribution < 1.29 is 22.8 Å². The second-order valence-electron chi connectivity index (χ2n) is 8.05. The van der Waals surface area contributed by atoms with E-state index < -0.39 is 5.82 Å². The summed E-state index contributed by atoms with van der Waals surface area (Å²) in [6.45, 7) is 3.71.